The zero-order valence-electron chi connectivity index (χ0n) is 20.1. The molecular formula is C27H26O8. The van der Waals surface area contributed by atoms with Gasteiger partial charge in [-0.2, -0.15) is 0 Å². The number of ketones is 1. The van der Waals surface area contributed by atoms with Crippen molar-refractivity contribution in [3.8, 4) is 34.5 Å². The van der Waals surface area contributed by atoms with Gasteiger partial charge in [0, 0.05) is 0 Å². The van der Waals surface area contributed by atoms with Gasteiger partial charge in [0.05, 0.1) is 46.7 Å². The number of rotatable bonds is 10. The van der Waals surface area contributed by atoms with E-state index in [2.05, 4.69) is 0 Å². The van der Waals surface area contributed by atoms with Crippen LogP contribution in [-0.2, 0) is 0 Å². The first-order chi connectivity index (χ1) is 16.9. The van der Waals surface area contributed by atoms with E-state index in [9.17, 15) is 9.59 Å². The number of allylic oxidation sites excluding steroid dienone is 1. The van der Waals surface area contributed by atoms with E-state index in [0.717, 1.165) is 5.56 Å². The largest absolute Gasteiger partial charge is 0.497 e. The number of hydrogen-bond acceptors (Lipinski definition) is 8. The molecule has 0 saturated heterocycles. The van der Waals surface area contributed by atoms with Gasteiger partial charge in [-0.3, -0.25) is 4.79 Å². The fourth-order valence-corrected chi connectivity index (χ4v) is 3.28. The molecule has 0 aliphatic heterocycles. The minimum atomic E-state index is -0.590. The lowest BCUT2D eigenvalue weighted by Crippen LogP contribution is -2.09. The highest BCUT2D eigenvalue weighted by atomic mass is 16.5. The topological polar surface area (TPSA) is 89.5 Å². The Balaban J connectivity index is 1.73. The SMILES string of the molecule is COc1ccc(OC)c(C(=O)C=Cc2ccc(OC(=O)c3cc(OC)c(OC)c(OC)c3)cc2)c1. The van der Waals surface area contributed by atoms with Gasteiger partial charge in [0.15, 0.2) is 17.3 Å². The highest BCUT2D eigenvalue weighted by Gasteiger charge is 2.18. The Kier molecular flexibility index (Phi) is 8.34. The molecule has 182 valence electrons. The summed E-state index contributed by atoms with van der Waals surface area (Å²) in [6.45, 7) is 0. The van der Waals surface area contributed by atoms with Gasteiger partial charge in [-0.15, -0.1) is 0 Å². The molecule has 3 aromatic rings. The molecule has 0 N–H and O–H groups in total. The maximum Gasteiger partial charge on any atom is 0.343 e. The average Bonchev–Trinajstić information content (AvgIpc) is 2.90. The number of ether oxygens (including phenoxy) is 6. The second-order valence-electron chi connectivity index (χ2n) is 7.14. The lowest BCUT2D eigenvalue weighted by atomic mass is 10.1. The summed E-state index contributed by atoms with van der Waals surface area (Å²) >= 11 is 0. The average molecular weight is 478 g/mol. The second-order valence-corrected chi connectivity index (χ2v) is 7.14. The van der Waals surface area contributed by atoms with E-state index in [0.29, 0.717) is 40.1 Å². The number of esters is 1. The van der Waals surface area contributed by atoms with E-state index in [1.807, 2.05) is 0 Å². The van der Waals surface area contributed by atoms with Crippen LogP contribution in [0.3, 0.4) is 0 Å². The first kappa shape index (κ1) is 25.2. The van der Waals surface area contributed by atoms with Crippen molar-refractivity contribution < 1.29 is 38.0 Å². The van der Waals surface area contributed by atoms with E-state index >= 15 is 0 Å². The van der Waals surface area contributed by atoms with Crippen LogP contribution in [0.25, 0.3) is 6.08 Å². The van der Waals surface area contributed by atoms with Crippen molar-refractivity contribution >= 4 is 17.8 Å². The van der Waals surface area contributed by atoms with E-state index in [4.69, 9.17) is 28.4 Å². The van der Waals surface area contributed by atoms with Crippen LogP contribution in [-0.4, -0.2) is 47.3 Å². The van der Waals surface area contributed by atoms with E-state index in [1.54, 1.807) is 48.5 Å². The van der Waals surface area contributed by atoms with Crippen molar-refractivity contribution in [2.45, 2.75) is 0 Å². The quantitative estimate of drug-likeness (QED) is 0.177. The Labute approximate surface area is 203 Å². The fourth-order valence-electron chi connectivity index (χ4n) is 3.28. The number of hydrogen-bond donors (Lipinski definition) is 0. The van der Waals surface area contributed by atoms with Crippen LogP contribution in [0.1, 0.15) is 26.3 Å². The maximum atomic E-state index is 12.7. The molecule has 0 radical (unpaired) electrons. The molecular weight excluding hydrogens is 452 g/mol. The molecule has 0 heterocycles. The molecule has 0 spiro atoms. The minimum absolute atomic E-state index is 0.237. The van der Waals surface area contributed by atoms with Gasteiger partial charge >= 0.3 is 5.97 Å². The van der Waals surface area contributed by atoms with Crippen molar-refractivity contribution in [1.29, 1.82) is 0 Å². The molecule has 0 bridgehead atoms. The van der Waals surface area contributed by atoms with Crippen LogP contribution in [0.4, 0.5) is 0 Å². The van der Waals surface area contributed by atoms with E-state index in [1.165, 1.54) is 53.8 Å². The summed E-state index contributed by atoms with van der Waals surface area (Å²) in [5.74, 6) is 1.58. The Bertz CT molecular complexity index is 1200. The summed E-state index contributed by atoms with van der Waals surface area (Å²) < 4.78 is 31.7. The van der Waals surface area contributed by atoms with Gasteiger partial charge in [-0.05, 0) is 54.1 Å². The normalized spacial score (nSPS) is 10.5. The highest BCUT2D eigenvalue weighted by molar-refractivity contribution is 6.08. The standard InChI is InChI=1S/C27H26O8/c1-30-20-11-13-23(31-2)21(16-20)22(28)12-8-17-6-9-19(10-7-17)35-27(29)18-14-24(32-3)26(34-5)25(15-18)33-4/h6-16H,1-5H3. The number of methoxy groups -OCH3 is 5. The lowest BCUT2D eigenvalue weighted by Gasteiger charge is -2.13. The van der Waals surface area contributed by atoms with Crippen molar-refractivity contribution in [1.82, 2.24) is 0 Å². The number of benzene rings is 3. The Morgan fingerprint density at radius 3 is 1.80 bits per heavy atom. The molecule has 0 fully saturated rings. The minimum Gasteiger partial charge on any atom is -0.497 e. The zero-order valence-corrected chi connectivity index (χ0v) is 20.1. The van der Waals surface area contributed by atoms with Gasteiger partial charge in [0.2, 0.25) is 5.75 Å². The molecule has 0 saturated carbocycles. The van der Waals surface area contributed by atoms with Crippen LogP contribution in [0, 0.1) is 0 Å². The van der Waals surface area contributed by atoms with Gasteiger partial charge < -0.3 is 28.4 Å². The summed E-state index contributed by atoms with van der Waals surface area (Å²) in [4.78, 5) is 25.3. The first-order valence-electron chi connectivity index (χ1n) is 10.5. The van der Waals surface area contributed by atoms with Gasteiger partial charge in [0.25, 0.3) is 0 Å². The van der Waals surface area contributed by atoms with E-state index < -0.39 is 5.97 Å². The van der Waals surface area contributed by atoms with Crippen LogP contribution < -0.4 is 28.4 Å². The summed E-state index contributed by atoms with van der Waals surface area (Å²) in [5, 5.41) is 0. The van der Waals surface area contributed by atoms with Gasteiger partial charge in [-0.1, -0.05) is 18.2 Å². The molecule has 8 nitrogen and oxygen atoms in total. The van der Waals surface area contributed by atoms with Crippen LogP contribution in [0.5, 0.6) is 34.5 Å². The molecule has 0 aliphatic carbocycles. The highest BCUT2D eigenvalue weighted by Crippen LogP contribution is 2.38. The molecule has 3 rings (SSSR count). The third-order valence-electron chi connectivity index (χ3n) is 5.09. The van der Waals surface area contributed by atoms with Crippen LogP contribution >= 0.6 is 0 Å². The number of carbonyl (C=O) groups excluding carboxylic acids is 2. The number of carbonyl (C=O) groups is 2. The third kappa shape index (κ3) is 5.92. The molecule has 35 heavy (non-hydrogen) atoms. The van der Waals surface area contributed by atoms with Crippen LogP contribution in [0.2, 0.25) is 0 Å². The predicted molar refractivity (Wildman–Crippen MR) is 130 cm³/mol. The van der Waals surface area contributed by atoms with Crippen molar-refractivity contribution in [2.24, 2.45) is 0 Å². The molecule has 3 aromatic carbocycles. The Hall–Kier alpha value is -4.46. The Morgan fingerprint density at radius 1 is 0.657 bits per heavy atom. The zero-order chi connectivity index (χ0) is 25.4. The maximum absolute atomic E-state index is 12.7. The van der Waals surface area contributed by atoms with Crippen molar-refractivity contribution in [2.75, 3.05) is 35.5 Å². The smallest absolute Gasteiger partial charge is 0.343 e. The molecule has 0 unspecified atom stereocenters. The summed E-state index contributed by atoms with van der Waals surface area (Å²) in [7, 11) is 7.44. The van der Waals surface area contributed by atoms with Gasteiger partial charge in [-0.25, -0.2) is 4.79 Å². The van der Waals surface area contributed by atoms with Gasteiger partial charge in [0.1, 0.15) is 17.2 Å². The fraction of sp³-hybridized carbons (Fsp3) is 0.185. The van der Waals surface area contributed by atoms with E-state index in [-0.39, 0.29) is 11.3 Å². The van der Waals surface area contributed by atoms with Crippen molar-refractivity contribution in [3.63, 3.8) is 0 Å². The molecule has 0 amide bonds. The summed E-state index contributed by atoms with van der Waals surface area (Å²) in [5.41, 5.74) is 1.37. The predicted octanol–water partition coefficient (Wildman–Crippen LogP) is 4.84. The molecule has 0 aromatic heterocycles. The second kappa shape index (κ2) is 11.6. The Morgan fingerprint density at radius 2 is 1.26 bits per heavy atom. The molecule has 0 atom stereocenters. The molecule has 8 heteroatoms. The van der Waals surface area contributed by atoms with Crippen molar-refractivity contribution in [3.05, 3.63) is 77.4 Å². The van der Waals surface area contributed by atoms with Crippen LogP contribution in [0.15, 0.2) is 60.7 Å². The summed E-state index contributed by atoms with van der Waals surface area (Å²) in [6, 6.07) is 14.8. The summed E-state index contributed by atoms with van der Waals surface area (Å²) in [6.07, 6.45) is 3.10. The molecule has 0 aliphatic rings. The first-order valence-corrected chi connectivity index (χ1v) is 10.5. The monoisotopic (exact) mass is 478 g/mol. The lowest BCUT2D eigenvalue weighted by molar-refractivity contribution is 0.0733. The third-order valence-corrected chi connectivity index (χ3v) is 5.09.